The van der Waals surface area contributed by atoms with E-state index in [4.69, 9.17) is 0 Å². The molecule has 0 aromatic heterocycles. The number of nitrogens with one attached hydrogen (secondary N) is 1. The van der Waals surface area contributed by atoms with E-state index in [1.807, 2.05) is 0 Å². The molecular weight excluding hydrogens is 214 g/mol. The van der Waals surface area contributed by atoms with Crippen molar-refractivity contribution in [2.24, 2.45) is 5.92 Å². The van der Waals surface area contributed by atoms with Gasteiger partial charge in [0.1, 0.15) is 6.54 Å². The Balaban J connectivity index is 1.94. The summed E-state index contributed by atoms with van der Waals surface area (Å²) in [6.07, 6.45) is 1.76. The minimum Gasteiger partial charge on any atom is -0.550 e. The van der Waals surface area contributed by atoms with Crippen molar-refractivity contribution in [1.82, 2.24) is 0 Å². The maximum Gasteiger partial charge on any atom is 0.103 e. The van der Waals surface area contributed by atoms with Crippen molar-refractivity contribution in [2.75, 3.05) is 13.1 Å². The highest BCUT2D eigenvalue weighted by molar-refractivity contribution is 5.67. The molecule has 0 bridgehead atoms. The second kappa shape index (κ2) is 5.32. The van der Waals surface area contributed by atoms with E-state index in [0.29, 0.717) is 6.54 Å². The highest BCUT2D eigenvalue weighted by Crippen LogP contribution is 2.07. The summed E-state index contributed by atoms with van der Waals surface area (Å²) in [6, 6.07) is 8.47. The van der Waals surface area contributed by atoms with E-state index in [-0.39, 0.29) is 5.92 Å². The molecule has 2 rings (SSSR count). The SMILES string of the molecule is Cc1ccc(C[NH+]2CCC[C@@H](C(=O)[O-])C2)cc1. The highest BCUT2D eigenvalue weighted by Gasteiger charge is 2.23. The summed E-state index contributed by atoms with van der Waals surface area (Å²) in [7, 11) is 0. The maximum atomic E-state index is 10.9. The zero-order valence-corrected chi connectivity index (χ0v) is 10.2. The highest BCUT2D eigenvalue weighted by atomic mass is 16.4. The molecule has 2 atom stereocenters. The monoisotopic (exact) mass is 233 g/mol. The fraction of sp³-hybridized carbons (Fsp3) is 0.500. The summed E-state index contributed by atoms with van der Waals surface area (Å²) in [5, 5.41) is 10.9. The number of benzene rings is 1. The van der Waals surface area contributed by atoms with Gasteiger partial charge in [-0.1, -0.05) is 29.8 Å². The predicted octanol–water partition coefficient (Wildman–Crippen LogP) is -0.460. The number of hydrogen-bond donors (Lipinski definition) is 1. The summed E-state index contributed by atoms with van der Waals surface area (Å²) in [5.41, 5.74) is 2.54. The number of quaternary nitrogens is 1. The van der Waals surface area contributed by atoms with Crippen LogP contribution >= 0.6 is 0 Å². The van der Waals surface area contributed by atoms with Crippen LogP contribution < -0.4 is 10.0 Å². The molecule has 1 fully saturated rings. The van der Waals surface area contributed by atoms with Gasteiger partial charge in [-0.25, -0.2) is 0 Å². The number of rotatable bonds is 3. The third kappa shape index (κ3) is 3.30. The van der Waals surface area contributed by atoms with Crippen LogP contribution in [0.15, 0.2) is 24.3 Å². The van der Waals surface area contributed by atoms with E-state index >= 15 is 0 Å². The average molecular weight is 233 g/mol. The Labute approximate surface area is 102 Å². The first-order valence-corrected chi connectivity index (χ1v) is 6.25. The number of carboxylic acid groups (broad SMARTS) is 1. The van der Waals surface area contributed by atoms with Crippen molar-refractivity contribution >= 4 is 5.97 Å². The van der Waals surface area contributed by atoms with Crippen molar-refractivity contribution in [3.05, 3.63) is 35.4 Å². The Morgan fingerprint density at radius 3 is 2.76 bits per heavy atom. The Morgan fingerprint density at radius 2 is 2.12 bits per heavy atom. The first-order valence-electron chi connectivity index (χ1n) is 6.25. The minimum atomic E-state index is -0.883. The van der Waals surface area contributed by atoms with Gasteiger partial charge in [-0.3, -0.25) is 0 Å². The van der Waals surface area contributed by atoms with Crippen LogP contribution in [-0.4, -0.2) is 19.1 Å². The van der Waals surface area contributed by atoms with Crippen LogP contribution in [0.5, 0.6) is 0 Å². The second-order valence-corrected chi connectivity index (χ2v) is 5.02. The predicted molar refractivity (Wildman–Crippen MR) is 63.3 cm³/mol. The molecule has 1 saturated heterocycles. The van der Waals surface area contributed by atoms with Crippen molar-refractivity contribution < 1.29 is 14.8 Å². The van der Waals surface area contributed by atoms with Crippen LogP contribution in [0.1, 0.15) is 24.0 Å². The number of carbonyl (C=O) groups excluding carboxylic acids is 1. The lowest BCUT2D eigenvalue weighted by atomic mass is 9.98. The molecule has 3 heteroatoms. The van der Waals surface area contributed by atoms with Crippen LogP contribution in [0.4, 0.5) is 0 Å². The molecule has 1 unspecified atom stereocenters. The van der Waals surface area contributed by atoms with Crippen LogP contribution in [0.2, 0.25) is 0 Å². The van der Waals surface area contributed by atoms with Crippen LogP contribution in [0.25, 0.3) is 0 Å². The van der Waals surface area contributed by atoms with E-state index < -0.39 is 5.97 Å². The number of hydrogen-bond acceptors (Lipinski definition) is 2. The number of likely N-dealkylation sites (tertiary alicyclic amines) is 1. The fourth-order valence-corrected chi connectivity index (χ4v) is 2.51. The third-order valence-corrected chi connectivity index (χ3v) is 3.53. The Hall–Kier alpha value is -1.35. The molecule has 92 valence electrons. The quantitative estimate of drug-likeness (QED) is 0.768. The van der Waals surface area contributed by atoms with Gasteiger partial charge in [0, 0.05) is 11.5 Å². The minimum absolute atomic E-state index is 0.260. The maximum absolute atomic E-state index is 10.9. The molecule has 0 aliphatic carbocycles. The van der Waals surface area contributed by atoms with Crippen molar-refractivity contribution in [2.45, 2.75) is 26.3 Å². The fourth-order valence-electron chi connectivity index (χ4n) is 2.51. The number of aryl methyl sites for hydroxylation is 1. The molecule has 0 amide bonds. The standard InChI is InChI=1S/C14H19NO2/c1-11-4-6-12(7-5-11)9-15-8-2-3-13(10-15)14(16)17/h4-7,13H,2-3,8-10H2,1H3,(H,16,17)/t13-/m1/s1. The largest absolute Gasteiger partial charge is 0.550 e. The van der Waals surface area contributed by atoms with Gasteiger partial charge in [-0.2, -0.15) is 0 Å². The summed E-state index contributed by atoms with van der Waals surface area (Å²) in [4.78, 5) is 12.2. The summed E-state index contributed by atoms with van der Waals surface area (Å²) < 4.78 is 0. The van der Waals surface area contributed by atoms with Gasteiger partial charge in [-0.15, -0.1) is 0 Å². The molecule has 0 saturated carbocycles. The van der Waals surface area contributed by atoms with Crippen LogP contribution in [0.3, 0.4) is 0 Å². The molecule has 1 aliphatic heterocycles. The molecule has 0 spiro atoms. The van der Waals surface area contributed by atoms with Crippen LogP contribution in [0, 0.1) is 12.8 Å². The van der Waals surface area contributed by atoms with E-state index in [0.717, 1.165) is 25.9 Å². The number of carbonyl (C=O) groups is 1. The van der Waals surface area contributed by atoms with Gasteiger partial charge in [0.2, 0.25) is 0 Å². The topological polar surface area (TPSA) is 44.6 Å². The number of piperidine rings is 1. The summed E-state index contributed by atoms with van der Waals surface area (Å²) >= 11 is 0. The van der Waals surface area contributed by atoms with Crippen molar-refractivity contribution in [1.29, 1.82) is 0 Å². The summed E-state index contributed by atoms with van der Waals surface area (Å²) in [5.74, 6) is -1.14. The van der Waals surface area contributed by atoms with Gasteiger partial charge in [0.15, 0.2) is 0 Å². The molecule has 1 aromatic carbocycles. The van der Waals surface area contributed by atoms with Gasteiger partial charge in [0.05, 0.1) is 19.1 Å². The first-order chi connectivity index (χ1) is 8.15. The van der Waals surface area contributed by atoms with Gasteiger partial charge in [0.25, 0.3) is 0 Å². The zero-order chi connectivity index (χ0) is 12.3. The second-order valence-electron chi connectivity index (χ2n) is 5.02. The van der Waals surface area contributed by atoms with Gasteiger partial charge >= 0.3 is 0 Å². The molecule has 1 N–H and O–H groups in total. The molecule has 1 heterocycles. The lowest BCUT2D eigenvalue weighted by molar-refractivity contribution is -0.921. The molecule has 1 aliphatic rings. The zero-order valence-electron chi connectivity index (χ0n) is 10.2. The van der Waals surface area contributed by atoms with Crippen molar-refractivity contribution in [3.8, 4) is 0 Å². The van der Waals surface area contributed by atoms with Gasteiger partial charge < -0.3 is 14.8 Å². The molecule has 3 nitrogen and oxygen atoms in total. The molecular formula is C14H19NO2. The molecule has 0 radical (unpaired) electrons. The molecule has 17 heavy (non-hydrogen) atoms. The Morgan fingerprint density at radius 1 is 1.41 bits per heavy atom. The third-order valence-electron chi connectivity index (χ3n) is 3.53. The van der Waals surface area contributed by atoms with Crippen LogP contribution in [-0.2, 0) is 11.3 Å². The smallest absolute Gasteiger partial charge is 0.103 e. The van der Waals surface area contributed by atoms with E-state index in [9.17, 15) is 9.90 Å². The van der Waals surface area contributed by atoms with Crippen molar-refractivity contribution in [3.63, 3.8) is 0 Å². The lowest BCUT2D eigenvalue weighted by Gasteiger charge is -2.30. The first kappa shape index (κ1) is 12.1. The van der Waals surface area contributed by atoms with Gasteiger partial charge in [-0.05, 0) is 19.8 Å². The number of carboxylic acids is 1. The summed E-state index contributed by atoms with van der Waals surface area (Å²) in [6.45, 7) is 4.77. The normalized spacial score (nSPS) is 24.5. The average Bonchev–Trinajstić information content (AvgIpc) is 2.32. The lowest BCUT2D eigenvalue weighted by Crippen LogP contribution is -3.12. The van der Waals surface area contributed by atoms with E-state index in [1.165, 1.54) is 16.0 Å². The van der Waals surface area contributed by atoms with E-state index in [2.05, 4.69) is 31.2 Å². The number of aliphatic carboxylic acids is 1. The Bertz CT molecular complexity index is 386. The Kier molecular flexibility index (Phi) is 3.79. The molecule has 1 aromatic rings. The van der Waals surface area contributed by atoms with E-state index in [1.54, 1.807) is 0 Å².